The molecule has 0 aromatic carbocycles. The first-order valence-electron chi connectivity index (χ1n) is 7.62. The Labute approximate surface area is 114 Å². The van der Waals surface area contributed by atoms with Crippen LogP contribution in [-0.2, 0) is 4.79 Å². The molecule has 3 saturated heterocycles. The quantitative estimate of drug-likeness (QED) is 0.717. The highest BCUT2D eigenvalue weighted by Crippen LogP contribution is 2.23. The van der Waals surface area contributed by atoms with Gasteiger partial charge in [0.15, 0.2) is 0 Å². The molecule has 3 heterocycles. The number of amides is 3. The minimum Gasteiger partial charge on any atom is -0.341 e. The van der Waals surface area contributed by atoms with E-state index < -0.39 is 0 Å². The van der Waals surface area contributed by atoms with E-state index in [4.69, 9.17) is 0 Å². The third-order valence-corrected chi connectivity index (χ3v) is 4.58. The Hall–Kier alpha value is -1.26. The monoisotopic (exact) mass is 265 g/mol. The summed E-state index contributed by atoms with van der Waals surface area (Å²) in [6.07, 6.45) is 6.25. The summed E-state index contributed by atoms with van der Waals surface area (Å²) in [5.74, 6) is 0.179. The zero-order valence-electron chi connectivity index (χ0n) is 11.5. The van der Waals surface area contributed by atoms with Gasteiger partial charge in [-0.25, -0.2) is 4.79 Å². The van der Waals surface area contributed by atoms with Crippen molar-refractivity contribution in [2.75, 3.05) is 32.7 Å². The van der Waals surface area contributed by atoms with Crippen LogP contribution in [0.1, 0.15) is 38.5 Å². The molecule has 3 rings (SSSR count). The van der Waals surface area contributed by atoms with E-state index in [0.29, 0.717) is 0 Å². The smallest absolute Gasteiger partial charge is 0.320 e. The normalized spacial score (nSPS) is 27.4. The Morgan fingerprint density at radius 2 is 1.37 bits per heavy atom. The number of hydrogen-bond acceptors (Lipinski definition) is 2. The number of rotatable bonds is 1. The fourth-order valence-electron chi connectivity index (χ4n) is 3.25. The molecule has 1 atom stereocenters. The standard InChI is InChI=1S/C14H23N3O2/c18-13(15-9-5-10-15)12-6-1-2-11-17(12)14(19)16-7-3-4-8-16/h12H,1-11H2. The number of carbonyl (C=O) groups is 2. The third kappa shape index (κ3) is 2.42. The largest absolute Gasteiger partial charge is 0.341 e. The first-order chi connectivity index (χ1) is 9.27. The summed E-state index contributed by atoms with van der Waals surface area (Å²) in [5, 5.41) is 0. The van der Waals surface area contributed by atoms with Crippen molar-refractivity contribution in [3.63, 3.8) is 0 Å². The van der Waals surface area contributed by atoms with E-state index in [-0.39, 0.29) is 18.0 Å². The van der Waals surface area contributed by atoms with Crippen LogP contribution in [0.3, 0.4) is 0 Å². The minimum atomic E-state index is -0.192. The molecule has 0 aromatic rings. The van der Waals surface area contributed by atoms with Crippen LogP contribution in [0.4, 0.5) is 4.79 Å². The van der Waals surface area contributed by atoms with Gasteiger partial charge in [0.2, 0.25) is 5.91 Å². The molecule has 0 spiro atoms. The van der Waals surface area contributed by atoms with Gasteiger partial charge in [-0.15, -0.1) is 0 Å². The molecule has 0 aromatic heterocycles. The summed E-state index contributed by atoms with van der Waals surface area (Å²) < 4.78 is 0. The van der Waals surface area contributed by atoms with Crippen molar-refractivity contribution in [2.24, 2.45) is 0 Å². The molecule has 0 aliphatic carbocycles. The summed E-state index contributed by atoms with van der Waals surface area (Å²) in [6, 6.07) is -0.0989. The van der Waals surface area contributed by atoms with Crippen molar-refractivity contribution in [1.29, 1.82) is 0 Å². The van der Waals surface area contributed by atoms with Gasteiger partial charge in [-0.1, -0.05) is 0 Å². The maximum atomic E-state index is 12.5. The Morgan fingerprint density at radius 3 is 2.00 bits per heavy atom. The van der Waals surface area contributed by atoms with Crippen LogP contribution in [-0.4, -0.2) is 65.4 Å². The van der Waals surface area contributed by atoms with Crippen LogP contribution >= 0.6 is 0 Å². The highest BCUT2D eigenvalue weighted by Gasteiger charge is 2.38. The van der Waals surface area contributed by atoms with Crippen molar-refractivity contribution < 1.29 is 9.59 Å². The van der Waals surface area contributed by atoms with Crippen LogP contribution in [0.2, 0.25) is 0 Å². The van der Waals surface area contributed by atoms with Crippen LogP contribution in [0.5, 0.6) is 0 Å². The van der Waals surface area contributed by atoms with Gasteiger partial charge in [0.25, 0.3) is 0 Å². The molecule has 0 radical (unpaired) electrons. The highest BCUT2D eigenvalue weighted by atomic mass is 16.2. The fraction of sp³-hybridized carbons (Fsp3) is 0.857. The van der Waals surface area contributed by atoms with Gasteiger partial charge < -0.3 is 14.7 Å². The second-order valence-electron chi connectivity index (χ2n) is 5.86. The van der Waals surface area contributed by atoms with Crippen molar-refractivity contribution in [3.8, 4) is 0 Å². The number of piperidine rings is 1. The molecule has 0 bridgehead atoms. The average molecular weight is 265 g/mol. The molecule has 0 saturated carbocycles. The number of carbonyl (C=O) groups excluding carboxylic acids is 2. The average Bonchev–Trinajstić information content (AvgIpc) is 2.89. The van der Waals surface area contributed by atoms with Crippen LogP contribution < -0.4 is 0 Å². The summed E-state index contributed by atoms with van der Waals surface area (Å²) in [7, 11) is 0. The molecule has 3 aliphatic heterocycles. The van der Waals surface area contributed by atoms with Crippen molar-refractivity contribution >= 4 is 11.9 Å². The van der Waals surface area contributed by atoms with E-state index in [0.717, 1.165) is 71.2 Å². The minimum absolute atomic E-state index is 0.0936. The molecule has 3 aliphatic rings. The van der Waals surface area contributed by atoms with E-state index in [1.807, 2.05) is 14.7 Å². The molecular weight excluding hydrogens is 242 g/mol. The Kier molecular flexibility index (Phi) is 3.62. The zero-order valence-corrected chi connectivity index (χ0v) is 11.5. The third-order valence-electron chi connectivity index (χ3n) is 4.58. The molecule has 5 heteroatoms. The number of hydrogen-bond donors (Lipinski definition) is 0. The lowest BCUT2D eigenvalue weighted by Crippen LogP contribution is -2.58. The number of likely N-dealkylation sites (tertiary alicyclic amines) is 3. The zero-order chi connectivity index (χ0) is 13.2. The second kappa shape index (κ2) is 5.39. The number of nitrogens with zero attached hydrogens (tertiary/aromatic N) is 3. The van der Waals surface area contributed by atoms with E-state index in [1.165, 1.54) is 0 Å². The lowest BCUT2D eigenvalue weighted by atomic mass is 10.00. The number of urea groups is 1. The molecule has 19 heavy (non-hydrogen) atoms. The summed E-state index contributed by atoms with van der Waals surface area (Å²) in [5.41, 5.74) is 0. The van der Waals surface area contributed by atoms with Gasteiger partial charge >= 0.3 is 6.03 Å². The molecule has 1 unspecified atom stereocenters. The Balaban J connectivity index is 1.68. The maximum absolute atomic E-state index is 12.5. The first kappa shape index (κ1) is 12.8. The van der Waals surface area contributed by atoms with Crippen molar-refractivity contribution in [1.82, 2.24) is 14.7 Å². The topological polar surface area (TPSA) is 43.9 Å². The molecule has 106 valence electrons. The van der Waals surface area contributed by atoms with E-state index in [2.05, 4.69) is 0 Å². The predicted octanol–water partition coefficient (Wildman–Crippen LogP) is 1.29. The molecular formula is C14H23N3O2. The van der Waals surface area contributed by atoms with Gasteiger partial charge in [0.1, 0.15) is 6.04 Å². The van der Waals surface area contributed by atoms with E-state index >= 15 is 0 Å². The molecule has 0 N–H and O–H groups in total. The Morgan fingerprint density at radius 1 is 0.737 bits per heavy atom. The van der Waals surface area contributed by atoms with Crippen LogP contribution in [0.15, 0.2) is 0 Å². The molecule has 3 amide bonds. The van der Waals surface area contributed by atoms with Gasteiger partial charge in [-0.2, -0.15) is 0 Å². The summed E-state index contributed by atoms with van der Waals surface area (Å²) in [6.45, 7) is 4.22. The fourth-order valence-corrected chi connectivity index (χ4v) is 3.25. The van der Waals surface area contributed by atoms with E-state index in [1.54, 1.807) is 0 Å². The molecule has 5 nitrogen and oxygen atoms in total. The van der Waals surface area contributed by atoms with Gasteiger partial charge in [0.05, 0.1) is 0 Å². The lowest BCUT2D eigenvalue weighted by Gasteiger charge is -2.41. The predicted molar refractivity (Wildman–Crippen MR) is 71.7 cm³/mol. The SMILES string of the molecule is O=C(C1CCCCN1C(=O)N1CCCC1)N1CCC1. The van der Waals surface area contributed by atoms with Gasteiger partial charge in [0, 0.05) is 32.7 Å². The van der Waals surface area contributed by atoms with Crippen molar-refractivity contribution in [3.05, 3.63) is 0 Å². The first-order valence-corrected chi connectivity index (χ1v) is 7.62. The van der Waals surface area contributed by atoms with Crippen molar-refractivity contribution in [2.45, 2.75) is 44.6 Å². The maximum Gasteiger partial charge on any atom is 0.320 e. The second-order valence-corrected chi connectivity index (χ2v) is 5.86. The highest BCUT2D eigenvalue weighted by molar-refractivity contribution is 5.87. The van der Waals surface area contributed by atoms with Gasteiger partial charge in [-0.05, 0) is 38.5 Å². The lowest BCUT2D eigenvalue weighted by molar-refractivity contribution is -0.140. The summed E-state index contributed by atoms with van der Waals surface area (Å²) in [4.78, 5) is 30.6. The van der Waals surface area contributed by atoms with E-state index in [9.17, 15) is 9.59 Å². The van der Waals surface area contributed by atoms with Crippen LogP contribution in [0.25, 0.3) is 0 Å². The summed E-state index contributed by atoms with van der Waals surface area (Å²) >= 11 is 0. The Bertz CT molecular complexity index is 362. The van der Waals surface area contributed by atoms with Gasteiger partial charge in [-0.3, -0.25) is 4.79 Å². The van der Waals surface area contributed by atoms with Crippen LogP contribution in [0, 0.1) is 0 Å². The molecule has 3 fully saturated rings.